The molecule has 2 aliphatic carbocycles. The van der Waals surface area contributed by atoms with Crippen molar-refractivity contribution in [3.05, 3.63) is 108 Å². The zero-order valence-electron chi connectivity index (χ0n) is 18.8. The van der Waals surface area contributed by atoms with Gasteiger partial charge in [-0.2, -0.15) is 0 Å². The van der Waals surface area contributed by atoms with E-state index in [0.29, 0.717) is 0 Å². The maximum absolute atomic E-state index is 5.07. The second kappa shape index (κ2) is 6.10. The number of rotatable bonds is 0. The molecule has 2 aliphatic rings. The van der Waals surface area contributed by atoms with Crippen LogP contribution in [0.2, 0.25) is 0 Å². The predicted octanol–water partition coefficient (Wildman–Crippen LogP) is 6.73. The lowest BCUT2D eigenvalue weighted by molar-refractivity contribution is 1.24. The Balaban J connectivity index is 1.44. The van der Waals surface area contributed by atoms with Gasteiger partial charge in [0, 0.05) is 29.4 Å². The van der Waals surface area contributed by atoms with Gasteiger partial charge >= 0.3 is 0 Å². The molecular formula is C31H18N4. The Bertz CT molecular complexity index is 2070. The van der Waals surface area contributed by atoms with Crippen molar-refractivity contribution in [2.24, 2.45) is 0 Å². The van der Waals surface area contributed by atoms with Gasteiger partial charge in [-0.15, -0.1) is 0 Å². The first-order valence-corrected chi connectivity index (χ1v) is 12.0. The van der Waals surface area contributed by atoms with Crippen molar-refractivity contribution in [3.63, 3.8) is 0 Å². The topological polar surface area (TPSA) is 43.1 Å². The molecule has 0 unspecified atom stereocenters. The molecule has 0 aliphatic heterocycles. The van der Waals surface area contributed by atoms with E-state index >= 15 is 0 Å². The normalized spacial score (nSPS) is 13.5. The molecule has 4 aromatic heterocycles. The molecule has 0 amide bonds. The molecule has 0 bridgehead atoms. The number of hydrogen-bond donors (Lipinski definition) is 0. The van der Waals surface area contributed by atoms with Gasteiger partial charge in [-0.3, -0.25) is 9.38 Å². The van der Waals surface area contributed by atoms with Crippen LogP contribution >= 0.6 is 0 Å². The first-order chi connectivity index (χ1) is 17.4. The molecule has 0 saturated carbocycles. The molecule has 0 atom stereocenters. The van der Waals surface area contributed by atoms with Gasteiger partial charge in [-0.1, -0.05) is 48.5 Å². The zero-order valence-corrected chi connectivity index (χ0v) is 18.8. The van der Waals surface area contributed by atoms with Crippen molar-refractivity contribution in [1.29, 1.82) is 0 Å². The van der Waals surface area contributed by atoms with Crippen LogP contribution in [0.1, 0.15) is 22.3 Å². The van der Waals surface area contributed by atoms with Crippen molar-refractivity contribution in [1.82, 2.24) is 19.4 Å². The minimum Gasteiger partial charge on any atom is -0.290 e. The van der Waals surface area contributed by atoms with Gasteiger partial charge in [0.15, 0.2) is 5.65 Å². The lowest BCUT2D eigenvalue weighted by Gasteiger charge is -2.13. The summed E-state index contributed by atoms with van der Waals surface area (Å²) in [5, 5.41) is 3.58. The van der Waals surface area contributed by atoms with E-state index in [-0.39, 0.29) is 0 Å². The lowest BCUT2D eigenvalue weighted by Crippen LogP contribution is -1.95. The average molecular weight is 447 g/mol. The Labute approximate surface area is 200 Å². The van der Waals surface area contributed by atoms with Gasteiger partial charge in [0.25, 0.3) is 0 Å². The number of hydrogen-bond acceptors (Lipinski definition) is 3. The third-order valence-electron chi connectivity index (χ3n) is 8.01. The standard InChI is InChI=1S/C31H18N4/c1-2-5-19-17(4-1)14-23-20(19)8-7-18-15-24-21(28(18)23)9-10-22-25-16-32-13-11-26(25)35-27-6-3-12-33-30(27)34-31(35)29(22)24/h1-13,16H,14-15H2. The van der Waals surface area contributed by atoms with Crippen LogP contribution in [0.15, 0.2) is 85.3 Å². The van der Waals surface area contributed by atoms with Crippen LogP contribution in [-0.2, 0) is 12.8 Å². The monoisotopic (exact) mass is 446 g/mol. The fourth-order valence-corrected chi connectivity index (χ4v) is 6.59. The zero-order chi connectivity index (χ0) is 22.7. The third kappa shape index (κ3) is 2.11. The van der Waals surface area contributed by atoms with E-state index in [2.05, 4.69) is 75.0 Å². The van der Waals surface area contributed by atoms with Crippen LogP contribution in [-0.4, -0.2) is 19.4 Å². The van der Waals surface area contributed by atoms with E-state index in [0.717, 1.165) is 40.6 Å². The average Bonchev–Trinajstić information content (AvgIpc) is 3.59. The summed E-state index contributed by atoms with van der Waals surface area (Å²) in [5.41, 5.74) is 15.1. The Kier molecular flexibility index (Phi) is 3.11. The highest BCUT2D eigenvalue weighted by atomic mass is 15.1. The van der Waals surface area contributed by atoms with Gasteiger partial charge in [0.1, 0.15) is 5.65 Å². The van der Waals surface area contributed by atoms with Crippen molar-refractivity contribution in [2.45, 2.75) is 12.8 Å². The van der Waals surface area contributed by atoms with Crippen molar-refractivity contribution in [3.8, 4) is 22.3 Å². The number of fused-ring (bicyclic) bond motifs is 16. The smallest absolute Gasteiger partial charge is 0.178 e. The fraction of sp³-hybridized carbons (Fsp3) is 0.0645. The van der Waals surface area contributed by atoms with Crippen LogP contribution in [0.5, 0.6) is 0 Å². The largest absolute Gasteiger partial charge is 0.290 e. The van der Waals surface area contributed by atoms with E-state index in [1.807, 2.05) is 24.7 Å². The van der Waals surface area contributed by atoms with E-state index in [4.69, 9.17) is 4.98 Å². The first-order valence-electron chi connectivity index (χ1n) is 12.0. The molecular weight excluding hydrogens is 428 g/mol. The molecule has 7 aromatic rings. The minimum atomic E-state index is 0.780. The van der Waals surface area contributed by atoms with Gasteiger partial charge in [-0.05, 0) is 80.9 Å². The van der Waals surface area contributed by atoms with Crippen molar-refractivity contribution in [2.75, 3.05) is 0 Å². The molecule has 0 radical (unpaired) electrons. The maximum Gasteiger partial charge on any atom is 0.178 e. The number of nitrogens with zero attached hydrogens (tertiary/aromatic N) is 4. The van der Waals surface area contributed by atoms with E-state index < -0.39 is 0 Å². The maximum atomic E-state index is 5.07. The molecule has 0 N–H and O–H groups in total. The Morgan fingerprint density at radius 2 is 1.57 bits per heavy atom. The van der Waals surface area contributed by atoms with Crippen LogP contribution in [0.25, 0.3) is 60.7 Å². The Morgan fingerprint density at radius 3 is 2.57 bits per heavy atom. The van der Waals surface area contributed by atoms with Crippen LogP contribution in [0.3, 0.4) is 0 Å². The molecule has 9 rings (SSSR count). The lowest BCUT2D eigenvalue weighted by atomic mass is 9.94. The molecule has 35 heavy (non-hydrogen) atoms. The molecule has 3 aromatic carbocycles. The van der Waals surface area contributed by atoms with Gasteiger partial charge in [0.2, 0.25) is 0 Å². The van der Waals surface area contributed by atoms with E-state index in [1.165, 1.54) is 55.3 Å². The summed E-state index contributed by atoms with van der Waals surface area (Å²) < 4.78 is 2.27. The second-order valence-electron chi connectivity index (χ2n) is 9.66. The van der Waals surface area contributed by atoms with Gasteiger partial charge in [0.05, 0.1) is 11.0 Å². The number of aromatic nitrogens is 4. The molecule has 4 heteroatoms. The van der Waals surface area contributed by atoms with Crippen molar-refractivity contribution < 1.29 is 0 Å². The highest BCUT2D eigenvalue weighted by molar-refractivity contribution is 6.16. The number of benzene rings is 3. The molecule has 0 fully saturated rings. The highest BCUT2D eigenvalue weighted by Gasteiger charge is 2.30. The van der Waals surface area contributed by atoms with Gasteiger partial charge in [-0.25, -0.2) is 9.97 Å². The molecule has 0 spiro atoms. The van der Waals surface area contributed by atoms with Crippen molar-refractivity contribution >= 4 is 38.5 Å². The van der Waals surface area contributed by atoms with E-state index in [1.54, 1.807) is 0 Å². The summed E-state index contributed by atoms with van der Waals surface area (Å²) in [6.07, 6.45) is 7.59. The fourth-order valence-electron chi connectivity index (χ4n) is 6.59. The molecule has 0 saturated heterocycles. The van der Waals surface area contributed by atoms with E-state index in [9.17, 15) is 0 Å². The minimum absolute atomic E-state index is 0.780. The Hall–Kier alpha value is -4.57. The van der Waals surface area contributed by atoms with Gasteiger partial charge < -0.3 is 0 Å². The highest BCUT2D eigenvalue weighted by Crippen LogP contribution is 2.50. The Morgan fingerprint density at radius 1 is 0.657 bits per heavy atom. The molecule has 4 heterocycles. The molecule has 162 valence electrons. The first kappa shape index (κ1) is 17.8. The van der Waals surface area contributed by atoms with Crippen LogP contribution in [0.4, 0.5) is 0 Å². The summed E-state index contributed by atoms with van der Waals surface area (Å²) >= 11 is 0. The summed E-state index contributed by atoms with van der Waals surface area (Å²) in [5.74, 6) is 0. The number of imidazole rings is 1. The summed E-state index contributed by atoms with van der Waals surface area (Å²) in [6, 6.07) is 24.3. The SMILES string of the molecule is c1ccc2c(c1)Cc1c-2ccc2c1-c1ccc3c4cnccc4n4c5cccnc5nc4c3c1C2. The number of pyridine rings is 3. The summed E-state index contributed by atoms with van der Waals surface area (Å²) in [4.78, 5) is 14.1. The molecule has 4 nitrogen and oxygen atoms in total. The second-order valence-corrected chi connectivity index (χ2v) is 9.66. The quantitative estimate of drug-likeness (QED) is 0.243. The van der Waals surface area contributed by atoms with Crippen LogP contribution < -0.4 is 0 Å². The summed E-state index contributed by atoms with van der Waals surface area (Å²) in [7, 11) is 0. The van der Waals surface area contributed by atoms with Crippen LogP contribution in [0, 0.1) is 0 Å². The third-order valence-corrected chi connectivity index (χ3v) is 8.01. The predicted molar refractivity (Wildman–Crippen MR) is 140 cm³/mol. The summed E-state index contributed by atoms with van der Waals surface area (Å²) in [6.45, 7) is 0.